The van der Waals surface area contributed by atoms with Crippen molar-refractivity contribution in [2.75, 3.05) is 7.11 Å². The number of hydrogen-bond donors (Lipinski definition) is 2. The van der Waals surface area contributed by atoms with Crippen LogP contribution in [0, 0.1) is 0 Å². The van der Waals surface area contributed by atoms with E-state index < -0.39 is 35.7 Å². The number of methoxy groups -OCH3 is 1. The normalized spacial score (nSPS) is 21.2. The summed E-state index contributed by atoms with van der Waals surface area (Å²) in [5.41, 5.74) is 1.73. The quantitative estimate of drug-likeness (QED) is 0.776. The fourth-order valence-electron chi connectivity index (χ4n) is 3.64. The van der Waals surface area contributed by atoms with Crippen LogP contribution in [0.1, 0.15) is 31.9 Å². The molecular weight excluding hydrogens is 388 g/mol. The maximum atomic E-state index is 12.7. The van der Waals surface area contributed by atoms with Crippen molar-refractivity contribution >= 4 is 12.1 Å². The zero-order chi connectivity index (χ0) is 21.9. The second-order valence-corrected chi connectivity index (χ2v) is 7.88. The molecule has 2 aromatic rings. The first-order valence-corrected chi connectivity index (χ1v) is 9.51. The number of nitrogens with one attached hydrogen (secondary N) is 1. The van der Waals surface area contributed by atoms with Crippen molar-refractivity contribution in [1.82, 2.24) is 10.4 Å². The summed E-state index contributed by atoms with van der Waals surface area (Å²) in [4.78, 5) is 25.0. The van der Waals surface area contributed by atoms with Crippen molar-refractivity contribution < 1.29 is 28.9 Å². The Labute approximate surface area is 175 Å². The van der Waals surface area contributed by atoms with E-state index in [9.17, 15) is 14.7 Å². The largest absolute Gasteiger partial charge is 0.479 e. The van der Waals surface area contributed by atoms with Crippen molar-refractivity contribution in [3.8, 4) is 0 Å². The molecular formula is C22H26N2O6. The number of carboxylic acids is 1. The molecule has 0 bridgehead atoms. The maximum absolute atomic E-state index is 12.7. The van der Waals surface area contributed by atoms with Gasteiger partial charge < -0.3 is 19.3 Å². The van der Waals surface area contributed by atoms with E-state index >= 15 is 0 Å². The van der Waals surface area contributed by atoms with Crippen LogP contribution in [0.25, 0.3) is 0 Å². The Kier molecular flexibility index (Phi) is 6.12. The SMILES string of the molecule is CO[C@@H]1OC(C(=O)O)C(c2ccccc2)(c2ccccc2)N1NC(=O)OC(C)(C)C. The number of carbonyl (C=O) groups excluding carboxylic acids is 1. The summed E-state index contributed by atoms with van der Waals surface area (Å²) in [6.45, 7) is 5.22. The average Bonchev–Trinajstić information content (AvgIpc) is 3.03. The standard InChI is InChI=1S/C22H26N2O6/c1-21(2,3)30-19(27)23-24-20(28-4)29-17(18(25)26)22(24,15-11-7-5-8-12-15)16-13-9-6-10-14-16/h5-14,17,20H,1-4H3,(H,23,27)(H,25,26)/t17?,20-/m1/s1. The molecule has 1 fully saturated rings. The van der Waals surface area contributed by atoms with Gasteiger partial charge in [0.25, 0.3) is 0 Å². The molecule has 8 nitrogen and oxygen atoms in total. The molecule has 3 rings (SSSR count). The summed E-state index contributed by atoms with van der Waals surface area (Å²) in [7, 11) is 1.37. The Morgan fingerprint density at radius 2 is 1.53 bits per heavy atom. The molecule has 0 spiro atoms. The zero-order valence-corrected chi connectivity index (χ0v) is 17.4. The van der Waals surface area contributed by atoms with E-state index in [1.165, 1.54) is 12.1 Å². The van der Waals surface area contributed by atoms with Gasteiger partial charge >= 0.3 is 12.1 Å². The highest BCUT2D eigenvalue weighted by molar-refractivity contribution is 5.77. The summed E-state index contributed by atoms with van der Waals surface area (Å²) in [6.07, 6.45) is -3.29. The van der Waals surface area contributed by atoms with Gasteiger partial charge in [0.2, 0.25) is 6.41 Å². The van der Waals surface area contributed by atoms with Crippen LogP contribution < -0.4 is 5.43 Å². The molecule has 0 radical (unpaired) electrons. The van der Waals surface area contributed by atoms with Crippen LogP contribution in [-0.2, 0) is 24.5 Å². The smallest absolute Gasteiger partial charge is 0.422 e. The highest BCUT2D eigenvalue weighted by atomic mass is 16.7. The first-order chi connectivity index (χ1) is 14.2. The van der Waals surface area contributed by atoms with Crippen molar-refractivity contribution in [3.05, 3.63) is 71.8 Å². The van der Waals surface area contributed by atoms with Gasteiger partial charge in [0.1, 0.15) is 11.1 Å². The lowest BCUT2D eigenvalue weighted by atomic mass is 9.78. The number of carbonyl (C=O) groups is 2. The summed E-state index contributed by atoms with van der Waals surface area (Å²) in [5, 5.41) is 11.4. The number of hydrazine groups is 1. The molecule has 1 amide bonds. The topological polar surface area (TPSA) is 97.3 Å². The molecule has 2 atom stereocenters. The highest BCUT2D eigenvalue weighted by Crippen LogP contribution is 2.46. The number of rotatable bonds is 5. The summed E-state index contributed by atoms with van der Waals surface area (Å²) in [5.74, 6) is -1.20. The number of carboxylic acid groups (broad SMARTS) is 1. The predicted octanol–water partition coefficient (Wildman–Crippen LogP) is 3.09. The van der Waals surface area contributed by atoms with E-state index in [0.29, 0.717) is 11.1 Å². The van der Waals surface area contributed by atoms with Gasteiger partial charge in [0.05, 0.1) is 0 Å². The van der Waals surface area contributed by atoms with Gasteiger partial charge in [-0.1, -0.05) is 60.7 Å². The molecule has 30 heavy (non-hydrogen) atoms. The number of aliphatic carboxylic acids is 1. The first kappa shape index (κ1) is 21.8. The van der Waals surface area contributed by atoms with E-state index in [1.807, 2.05) is 12.1 Å². The van der Waals surface area contributed by atoms with Crippen molar-refractivity contribution in [1.29, 1.82) is 0 Å². The molecule has 160 valence electrons. The molecule has 1 unspecified atom stereocenters. The average molecular weight is 414 g/mol. The van der Waals surface area contributed by atoms with Crippen LogP contribution in [0.3, 0.4) is 0 Å². The summed E-state index contributed by atoms with van der Waals surface area (Å²) < 4.78 is 16.6. The second kappa shape index (κ2) is 8.43. The number of hydrogen-bond acceptors (Lipinski definition) is 6. The van der Waals surface area contributed by atoms with Gasteiger partial charge in [0.15, 0.2) is 6.10 Å². The molecule has 2 N–H and O–H groups in total. The number of ether oxygens (including phenoxy) is 3. The Bertz CT molecular complexity index is 842. The summed E-state index contributed by atoms with van der Waals surface area (Å²) >= 11 is 0. The molecule has 8 heteroatoms. The number of benzene rings is 2. The van der Waals surface area contributed by atoms with Crippen molar-refractivity contribution in [2.24, 2.45) is 0 Å². The lowest BCUT2D eigenvalue weighted by molar-refractivity contribution is -0.192. The third kappa shape index (κ3) is 4.02. The Morgan fingerprint density at radius 3 is 1.93 bits per heavy atom. The minimum Gasteiger partial charge on any atom is -0.479 e. The van der Waals surface area contributed by atoms with Crippen LogP contribution in [0.15, 0.2) is 60.7 Å². The van der Waals surface area contributed by atoms with Crippen LogP contribution in [0.5, 0.6) is 0 Å². The molecule has 0 aliphatic carbocycles. The molecule has 1 aliphatic heterocycles. The zero-order valence-electron chi connectivity index (χ0n) is 17.4. The van der Waals surface area contributed by atoms with Crippen molar-refractivity contribution in [2.45, 2.75) is 44.4 Å². The van der Waals surface area contributed by atoms with Gasteiger partial charge in [-0.25, -0.2) is 15.0 Å². The molecule has 1 saturated heterocycles. The van der Waals surface area contributed by atoms with Crippen molar-refractivity contribution in [3.63, 3.8) is 0 Å². The lowest BCUT2D eigenvalue weighted by Gasteiger charge is -2.40. The van der Waals surface area contributed by atoms with E-state index in [4.69, 9.17) is 14.2 Å². The maximum Gasteiger partial charge on any atom is 0.422 e. The minimum absolute atomic E-state index is 0.610. The van der Waals surface area contributed by atoms with Gasteiger partial charge in [-0.3, -0.25) is 0 Å². The van der Waals surface area contributed by atoms with E-state index in [1.54, 1.807) is 69.3 Å². The Hall–Kier alpha value is -2.94. The monoisotopic (exact) mass is 414 g/mol. The molecule has 2 aromatic carbocycles. The van der Waals surface area contributed by atoms with Crippen LogP contribution >= 0.6 is 0 Å². The molecule has 0 aromatic heterocycles. The fourth-order valence-corrected chi connectivity index (χ4v) is 3.64. The third-order valence-electron chi connectivity index (χ3n) is 4.69. The molecule has 1 aliphatic rings. The molecule has 1 heterocycles. The third-order valence-corrected chi connectivity index (χ3v) is 4.69. The summed E-state index contributed by atoms with van der Waals surface area (Å²) in [6, 6.07) is 18.0. The Balaban J connectivity index is 2.21. The van der Waals surface area contributed by atoms with Crippen LogP contribution in [0.2, 0.25) is 0 Å². The van der Waals surface area contributed by atoms with E-state index in [-0.39, 0.29) is 0 Å². The minimum atomic E-state index is -1.41. The lowest BCUT2D eigenvalue weighted by Crippen LogP contribution is -2.60. The van der Waals surface area contributed by atoms with E-state index in [0.717, 1.165) is 0 Å². The second-order valence-electron chi connectivity index (χ2n) is 7.88. The first-order valence-electron chi connectivity index (χ1n) is 9.51. The van der Waals surface area contributed by atoms with E-state index in [2.05, 4.69) is 5.43 Å². The predicted molar refractivity (Wildman–Crippen MR) is 108 cm³/mol. The number of amides is 1. The van der Waals surface area contributed by atoms with Gasteiger partial charge in [-0.2, -0.15) is 0 Å². The highest BCUT2D eigenvalue weighted by Gasteiger charge is 2.61. The van der Waals surface area contributed by atoms with Gasteiger partial charge in [-0.15, -0.1) is 5.01 Å². The number of nitrogens with zero attached hydrogens (tertiary/aromatic N) is 1. The Morgan fingerprint density at radius 1 is 1.03 bits per heavy atom. The van der Waals surface area contributed by atoms with Crippen LogP contribution in [-0.4, -0.2) is 47.4 Å². The van der Waals surface area contributed by atoms with Gasteiger partial charge in [0, 0.05) is 7.11 Å². The van der Waals surface area contributed by atoms with Crippen LogP contribution in [0.4, 0.5) is 4.79 Å². The molecule has 0 saturated carbocycles. The fraction of sp³-hybridized carbons (Fsp3) is 0.364. The van der Waals surface area contributed by atoms with Gasteiger partial charge in [-0.05, 0) is 31.9 Å².